The molecule has 2 heteroatoms. The predicted octanol–water partition coefficient (Wildman–Crippen LogP) is 2.34. The molecule has 0 N–H and O–H groups in total. The lowest BCUT2D eigenvalue weighted by Gasteiger charge is -1.97. The first kappa shape index (κ1) is 7.19. The summed E-state index contributed by atoms with van der Waals surface area (Å²) >= 11 is 0. The Kier molecular flexibility index (Phi) is 2.00. The number of rotatable bonds is 1. The van der Waals surface area contributed by atoms with Gasteiger partial charge < -0.3 is 0 Å². The Labute approximate surface area is 58.5 Å². The molecular formula is C8H7F2. The van der Waals surface area contributed by atoms with E-state index in [4.69, 9.17) is 0 Å². The number of halogens is 2. The Morgan fingerprint density at radius 2 is 2.00 bits per heavy atom. The molecule has 0 saturated heterocycles. The quantitative estimate of drug-likeness (QED) is 0.563. The zero-order valence-corrected chi connectivity index (χ0v) is 5.40. The highest BCUT2D eigenvalue weighted by Crippen LogP contribution is 2.10. The topological polar surface area (TPSA) is 0 Å². The molecule has 1 radical (unpaired) electrons. The fraction of sp³-hybridized carbons (Fsp3) is 0.125. The molecule has 0 spiro atoms. The minimum absolute atomic E-state index is 0.281. The van der Waals surface area contributed by atoms with Gasteiger partial charge in [0.05, 0.1) is 0 Å². The smallest absolute Gasteiger partial charge is 0.162 e. The SMILES string of the molecule is [CH2]Cc1cccc(F)c1F. The third kappa shape index (κ3) is 1.15. The fourth-order valence-electron chi connectivity index (χ4n) is 0.742. The van der Waals surface area contributed by atoms with E-state index < -0.39 is 11.6 Å². The summed E-state index contributed by atoms with van der Waals surface area (Å²) in [6.07, 6.45) is 0.281. The first-order valence-electron chi connectivity index (χ1n) is 2.98. The van der Waals surface area contributed by atoms with E-state index in [9.17, 15) is 8.78 Å². The monoisotopic (exact) mass is 141 g/mol. The molecule has 53 valence electrons. The second-order valence-corrected chi connectivity index (χ2v) is 1.96. The largest absolute Gasteiger partial charge is 0.204 e. The van der Waals surface area contributed by atoms with E-state index in [0.717, 1.165) is 6.07 Å². The summed E-state index contributed by atoms with van der Waals surface area (Å²) in [7, 11) is 0. The summed E-state index contributed by atoms with van der Waals surface area (Å²) in [5.74, 6) is -1.58. The summed E-state index contributed by atoms with van der Waals surface area (Å²) < 4.78 is 25.0. The third-order valence-corrected chi connectivity index (χ3v) is 1.30. The molecule has 0 saturated carbocycles. The number of hydrogen-bond donors (Lipinski definition) is 0. The highest BCUT2D eigenvalue weighted by atomic mass is 19.2. The van der Waals surface area contributed by atoms with Crippen LogP contribution in [0.2, 0.25) is 0 Å². The van der Waals surface area contributed by atoms with Crippen LogP contribution >= 0.6 is 0 Å². The Hall–Kier alpha value is -0.920. The van der Waals surface area contributed by atoms with Gasteiger partial charge >= 0.3 is 0 Å². The average Bonchev–Trinajstić information content (AvgIpc) is 1.95. The summed E-state index contributed by atoms with van der Waals surface area (Å²) in [6.45, 7) is 3.45. The third-order valence-electron chi connectivity index (χ3n) is 1.30. The molecule has 1 aromatic rings. The van der Waals surface area contributed by atoms with Crippen LogP contribution in [0.5, 0.6) is 0 Å². The summed E-state index contributed by atoms with van der Waals surface area (Å²) in [5.41, 5.74) is 0.319. The van der Waals surface area contributed by atoms with Gasteiger partial charge in [0.25, 0.3) is 0 Å². The Bertz CT molecular complexity index is 231. The summed E-state index contributed by atoms with van der Waals surface area (Å²) in [4.78, 5) is 0. The summed E-state index contributed by atoms with van der Waals surface area (Å²) in [6, 6.07) is 4.08. The van der Waals surface area contributed by atoms with Crippen molar-refractivity contribution < 1.29 is 8.78 Å². The second kappa shape index (κ2) is 2.78. The molecule has 0 unspecified atom stereocenters. The standard InChI is InChI=1S/C8H7F2/c1-2-6-4-3-5-7(9)8(6)10/h3-5H,1-2H2. The zero-order valence-electron chi connectivity index (χ0n) is 5.40. The number of hydrogen-bond acceptors (Lipinski definition) is 0. The second-order valence-electron chi connectivity index (χ2n) is 1.96. The van der Waals surface area contributed by atoms with Crippen molar-refractivity contribution in [2.45, 2.75) is 6.42 Å². The fourth-order valence-corrected chi connectivity index (χ4v) is 0.742. The van der Waals surface area contributed by atoms with E-state index in [2.05, 4.69) is 6.92 Å². The zero-order chi connectivity index (χ0) is 7.56. The molecule has 1 rings (SSSR count). The Morgan fingerprint density at radius 1 is 1.30 bits per heavy atom. The van der Waals surface area contributed by atoms with Gasteiger partial charge in [0.15, 0.2) is 11.6 Å². The molecule has 0 atom stereocenters. The van der Waals surface area contributed by atoms with Gasteiger partial charge in [-0.2, -0.15) is 0 Å². The first-order chi connectivity index (χ1) is 4.75. The molecule has 1 aromatic carbocycles. The highest BCUT2D eigenvalue weighted by Gasteiger charge is 2.03. The van der Waals surface area contributed by atoms with Crippen molar-refractivity contribution in [2.75, 3.05) is 0 Å². The van der Waals surface area contributed by atoms with Gasteiger partial charge in [0.1, 0.15) is 0 Å². The summed E-state index contributed by atoms with van der Waals surface area (Å²) in [5, 5.41) is 0. The Balaban J connectivity index is 3.14. The van der Waals surface area contributed by atoms with Gasteiger partial charge in [-0.15, -0.1) is 0 Å². The molecule has 0 fully saturated rings. The maximum Gasteiger partial charge on any atom is 0.162 e. The van der Waals surface area contributed by atoms with Gasteiger partial charge in [-0.1, -0.05) is 12.1 Å². The minimum atomic E-state index is -0.804. The van der Waals surface area contributed by atoms with Crippen molar-refractivity contribution in [2.24, 2.45) is 0 Å². The van der Waals surface area contributed by atoms with Crippen LogP contribution in [0.25, 0.3) is 0 Å². The van der Waals surface area contributed by atoms with Crippen LogP contribution in [-0.4, -0.2) is 0 Å². The lowest BCUT2D eigenvalue weighted by molar-refractivity contribution is 0.501. The van der Waals surface area contributed by atoms with Gasteiger partial charge in [0.2, 0.25) is 0 Å². The first-order valence-corrected chi connectivity index (χ1v) is 2.98. The van der Waals surface area contributed by atoms with Crippen LogP contribution in [0.4, 0.5) is 8.78 Å². The Morgan fingerprint density at radius 3 is 2.50 bits per heavy atom. The van der Waals surface area contributed by atoms with Crippen molar-refractivity contribution in [1.29, 1.82) is 0 Å². The maximum absolute atomic E-state index is 12.6. The van der Waals surface area contributed by atoms with Gasteiger partial charge in [-0.25, -0.2) is 8.78 Å². The molecule has 0 nitrogen and oxygen atoms in total. The lowest BCUT2D eigenvalue weighted by atomic mass is 10.1. The predicted molar refractivity (Wildman–Crippen MR) is 35.4 cm³/mol. The number of benzene rings is 1. The van der Waals surface area contributed by atoms with Crippen molar-refractivity contribution in [1.82, 2.24) is 0 Å². The molecular weight excluding hydrogens is 134 g/mol. The van der Waals surface area contributed by atoms with Crippen LogP contribution in [-0.2, 0) is 6.42 Å². The van der Waals surface area contributed by atoms with E-state index >= 15 is 0 Å². The van der Waals surface area contributed by atoms with Crippen molar-refractivity contribution in [3.05, 3.63) is 42.3 Å². The van der Waals surface area contributed by atoms with Gasteiger partial charge in [-0.3, -0.25) is 0 Å². The average molecular weight is 141 g/mol. The van der Waals surface area contributed by atoms with E-state index in [1.54, 1.807) is 0 Å². The molecule has 0 aliphatic heterocycles. The minimum Gasteiger partial charge on any atom is -0.204 e. The molecule has 10 heavy (non-hydrogen) atoms. The van der Waals surface area contributed by atoms with Crippen LogP contribution < -0.4 is 0 Å². The van der Waals surface area contributed by atoms with Crippen molar-refractivity contribution in [3.63, 3.8) is 0 Å². The van der Waals surface area contributed by atoms with Crippen molar-refractivity contribution in [3.8, 4) is 0 Å². The van der Waals surface area contributed by atoms with Gasteiger partial charge in [0, 0.05) is 0 Å². The normalized spacial score (nSPS) is 9.90. The maximum atomic E-state index is 12.6. The van der Waals surface area contributed by atoms with Crippen LogP contribution in [0.3, 0.4) is 0 Å². The van der Waals surface area contributed by atoms with Gasteiger partial charge in [-0.05, 0) is 25.0 Å². The molecule has 0 aliphatic carbocycles. The van der Waals surface area contributed by atoms with Crippen molar-refractivity contribution >= 4 is 0 Å². The van der Waals surface area contributed by atoms with Crippen LogP contribution in [0, 0.1) is 18.6 Å². The lowest BCUT2D eigenvalue weighted by Crippen LogP contribution is -1.90. The highest BCUT2D eigenvalue weighted by molar-refractivity contribution is 5.19. The molecule has 0 aromatic heterocycles. The molecule has 0 aliphatic rings. The molecule has 0 heterocycles. The van der Waals surface area contributed by atoms with E-state index in [1.807, 2.05) is 0 Å². The molecule has 0 bridgehead atoms. The van der Waals surface area contributed by atoms with Crippen LogP contribution in [0.15, 0.2) is 18.2 Å². The molecule has 0 amide bonds. The van der Waals surface area contributed by atoms with E-state index in [1.165, 1.54) is 12.1 Å². The van der Waals surface area contributed by atoms with Crippen LogP contribution in [0.1, 0.15) is 5.56 Å². The van der Waals surface area contributed by atoms with E-state index in [0.29, 0.717) is 5.56 Å². The van der Waals surface area contributed by atoms with E-state index in [-0.39, 0.29) is 6.42 Å².